The molecule has 0 aliphatic carbocycles. The Morgan fingerprint density at radius 1 is 1.41 bits per heavy atom. The van der Waals surface area contributed by atoms with Crippen LogP contribution in [0, 0.1) is 0 Å². The Hall–Kier alpha value is -1.43. The summed E-state index contributed by atoms with van der Waals surface area (Å²) >= 11 is 0. The first-order chi connectivity index (χ1) is 7.98. The molecule has 1 aromatic rings. The van der Waals surface area contributed by atoms with Crippen LogP contribution in [0.15, 0.2) is 18.2 Å². The number of halogens is 3. The van der Waals surface area contributed by atoms with Crippen LogP contribution >= 0.6 is 0 Å². The number of nitrogens with two attached hydrogens (primary N) is 1. The quantitative estimate of drug-likeness (QED) is 0.856. The van der Waals surface area contributed by atoms with E-state index >= 15 is 0 Å². The smallest absolute Gasteiger partial charge is 0.405 e. The van der Waals surface area contributed by atoms with Gasteiger partial charge in [-0.05, 0) is 23.8 Å². The molecule has 1 unspecified atom stereocenters. The molecule has 0 bridgehead atoms. The molecule has 94 valence electrons. The normalized spacial score (nSPS) is 18.7. The second kappa shape index (κ2) is 4.44. The van der Waals surface area contributed by atoms with Crippen molar-refractivity contribution in [3.05, 3.63) is 23.8 Å². The summed E-state index contributed by atoms with van der Waals surface area (Å²) in [6, 6.07) is 4.92. The molecule has 1 heterocycles. The summed E-state index contributed by atoms with van der Waals surface area (Å²) in [5.74, 6) is 0.706. The highest BCUT2D eigenvalue weighted by molar-refractivity contribution is 5.52. The number of alkyl halides is 3. The fourth-order valence-corrected chi connectivity index (χ4v) is 1.76. The third-order valence-electron chi connectivity index (χ3n) is 2.56. The Kier molecular flexibility index (Phi) is 3.15. The Balaban J connectivity index is 2.03. The Morgan fingerprint density at radius 3 is 2.82 bits per heavy atom. The van der Waals surface area contributed by atoms with Crippen molar-refractivity contribution in [2.45, 2.75) is 18.7 Å². The highest BCUT2D eigenvalue weighted by Crippen LogP contribution is 2.31. The first kappa shape index (κ1) is 12.0. The molecular weight excluding hydrogens is 233 g/mol. The summed E-state index contributed by atoms with van der Waals surface area (Å²) in [6.07, 6.45) is -3.63. The van der Waals surface area contributed by atoms with Crippen molar-refractivity contribution >= 4 is 5.69 Å². The van der Waals surface area contributed by atoms with Gasteiger partial charge in [0.2, 0.25) is 0 Å². The molecule has 0 saturated heterocycles. The fraction of sp³-hybridized carbons (Fsp3) is 0.455. The SMILES string of the molecule is NCC1Cc2cc(NCC(F)(F)F)ccc2O1. The molecule has 0 saturated carbocycles. The minimum absolute atomic E-state index is 0.0668. The monoisotopic (exact) mass is 246 g/mol. The lowest BCUT2D eigenvalue weighted by Gasteiger charge is -2.10. The van der Waals surface area contributed by atoms with Crippen LogP contribution in [0.1, 0.15) is 5.56 Å². The van der Waals surface area contributed by atoms with E-state index in [1.807, 2.05) is 0 Å². The minimum atomic E-state index is -4.21. The standard InChI is InChI=1S/C11H13F3N2O/c12-11(13,14)6-16-8-1-2-10-7(3-8)4-9(5-15)17-10/h1-3,9,16H,4-6,15H2. The minimum Gasteiger partial charge on any atom is -0.488 e. The van der Waals surface area contributed by atoms with Crippen LogP contribution in [-0.4, -0.2) is 25.4 Å². The topological polar surface area (TPSA) is 47.3 Å². The molecule has 1 aliphatic heterocycles. The summed E-state index contributed by atoms with van der Waals surface area (Å²) in [7, 11) is 0. The number of nitrogens with one attached hydrogen (secondary N) is 1. The number of fused-ring (bicyclic) bond motifs is 1. The van der Waals surface area contributed by atoms with Gasteiger partial charge < -0.3 is 15.8 Å². The zero-order valence-corrected chi connectivity index (χ0v) is 9.05. The molecule has 0 spiro atoms. The lowest BCUT2D eigenvalue weighted by Crippen LogP contribution is -2.24. The summed E-state index contributed by atoms with van der Waals surface area (Å²) in [5, 5.41) is 2.34. The van der Waals surface area contributed by atoms with E-state index in [-0.39, 0.29) is 6.10 Å². The van der Waals surface area contributed by atoms with Crippen molar-refractivity contribution in [3.8, 4) is 5.75 Å². The van der Waals surface area contributed by atoms with E-state index in [4.69, 9.17) is 10.5 Å². The predicted octanol–water partition coefficient (Wildman–Crippen LogP) is 1.92. The summed E-state index contributed by atoms with van der Waals surface area (Å²) in [5.41, 5.74) is 6.82. The van der Waals surface area contributed by atoms with E-state index in [1.54, 1.807) is 18.2 Å². The molecule has 2 rings (SSSR count). The van der Waals surface area contributed by atoms with E-state index in [0.717, 1.165) is 5.56 Å². The van der Waals surface area contributed by atoms with Crippen LogP contribution in [0.3, 0.4) is 0 Å². The van der Waals surface area contributed by atoms with E-state index in [0.29, 0.717) is 24.4 Å². The molecule has 6 heteroatoms. The molecule has 17 heavy (non-hydrogen) atoms. The average molecular weight is 246 g/mol. The Bertz CT molecular complexity index is 406. The van der Waals surface area contributed by atoms with Gasteiger partial charge in [-0.25, -0.2) is 0 Å². The average Bonchev–Trinajstić information content (AvgIpc) is 2.67. The molecule has 3 N–H and O–H groups in total. The number of benzene rings is 1. The van der Waals surface area contributed by atoms with Crippen molar-refractivity contribution in [2.24, 2.45) is 5.73 Å². The lowest BCUT2D eigenvalue weighted by atomic mass is 10.1. The van der Waals surface area contributed by atoms with Crippen LogP contribution in [0.4, 0.5) is 18.9 Å². The maximum Gasteiger partial charge on any atom is 0.405 e. The molecule has 0 amide bonds. The maximum atomic E-state index is 12.0. The van der Waals surface area contributed by atoms with Crippen LogP contribution < -0.4 is 15.8 Å². The first-order valence-electron chi connectivity index (χ1n) is 5.28. The van der Waals surface area contributed by atoms with E-state index in [1.165, 1.54) is 0 Å². The van der Waals surface area contributed by atoms with Gasteiger partial charge in [-0.2, -0.15) is 13.2 Å². The van der Waals surface area contributed by atoms with Crippen molar-refractivity contribution in [1.82, 2.24) is 0 Å². The maximum absolute atomic E-state index is 12.0. The number of ether oxygens (including phenoxy) is 1. The van der Waals surface area contributed by atoms with Crippen LogP contribution in [0.25, 0.3) is 0 Å². The third-order valence-corrected chi connectivity index (χ3v) is 2.56. The van der Waals surface area contributed by atoms with Gasteiger partial charge in [0.15, 0.2) is 0 Å². The molecule has 0 aromatic heterocycles. The molecule has 0 fully saturated rings. The fourth-order valence-electron chi connectivity index (χ4n) is 1.76. The van der Waals surface area contributed by atoms with Gasteiger partial charge in [0.05, 0.1) is 0 Å². The highest BCUT2D eigenvalue weighted by atomic mass is 19.4. The summed E-state index contributed by atoms with van der Waals surface area (Å²) in [6.45, 7) is -0.632. The lowest BCUT2D eigenvalue weighted by molar-refractivity contribution is -0.115. The van der Waals surface area contributed by atoms with Gasteiger partial charge in [-0.15, -0.1) is 0 Å². The molecule has 3 nitrogen and oxygen atoms in total. The van der Waals surface area contributed by atoms with Gasteiger partial charge in [0.25, 0.3) is 0 Å². The van der Waals surface area contributed by atoms with Crippen molar-refractivity contribution in [3.63, 3.8) is 0 Å². The molecule has 0 radical (unpaired) electrons. The summed E-state index contributed by atoms with van der Waals surface area (Å²) < 4.78 is 41.6. The molecular formula is C11H13F3N2O. The van der Waals surface area contributed by atoms with Gasteiger partial charge >= 0.3 is 6.18 Å². The second-order valence-electron chi connectivity index (χ2n) is 3.97. The Labute approximate surface area is 96.8 Å². The zero-order chi connectivity index (χ0) is 12.5. The van der Waals surface area contributed by atoms with E-state index < -0.39 is 12.7 Å². The molecule has 1 aromatic carbocycles. The summed E-state index contributed by atoms with van der Waals surface area (Å²) in [4.78, 5) is 0. The number of hydrogen-bond donors (Lipinski definition) is 2. The second-order valence-corrected chi connectivity index (χ2v) is 3.97. The third kappa shape index (κ3) is 3.03. The van der Waals surface area contributed by atoms with E-state index in [9.17, 15) is 13.2 Å². The van der Waals surface area contributed by atoms with Gasteiger partial charge in [0.1, 0.15) is 18.4 Å². The van der Waals surface area contributed by atoms with Crippen LogP contribution in [0.2, 0.25) is 0 Å². The van der Waals surface area contributed by atoms with Crippen molar-refractivity contribution in [2.75, 3.05) is 18.4 Å². The molecule has 1 atom stereocenters. The molecule has 1 aliphatic rings. The van der Waals surface area contributed by atoms with Gasteiger partial charge in [0, 0.05) is 18.7 Å². The van der Waals surface area contributed by atoms with Crippen LogP contribution in [-0.2, 0) is 6.42 Å². The largest absolute Gasteiger partial charge is 0.488 e. The van der Waals surface area contributed by atoms with E-state index in [2.05, 4.69) is 5.32 Å². The first-order valence-corrected chi connectivity index (χ1v) is 5.28. The number of rotatable bonds is 3. The van der Waals surface area contributed by atoms with Gasteiger partial charge in [-0.3, -0.25) is 0 Å². The highest BCUT2D eigenvalue weighted by Gasteiger charge is 2.27. The number of hydrogen-bond acceptors (Lipinski definition) is 3. The van der Waals surface area contributed by atoms with Gasteiger partial charge in [-0.1, -0.05) is 0 Å². The predicted molar refractivity (Wildman–Crippen MR) is 58.2 cm³/mol. The van der Waals surface area contributed by atoms with Crippen molar-refractivity contribution < 1.29 is 17.9 Å². The van der Waals surface area contributed by atoms with Crippen LogP contribution in [0.5, 0.6) is 5.75 Å². The zero-order valence-electron chi connectivity index (χ0n) is 9.05. The Morgan fingerprint density at radius 2 is 2.18 bits per heavy atom. The number of anilines is 1. The van der Waals surface area contributed by atoms with Crippen molar-refractivity contribution in [1.29, 1.82) is 0 Å².